The van der Waals surface area contributed by atoms with Crippen LogP contribution in [0.15, 0.2) is 42.5 Å². The third kappa shape index (κ3) is 6.19. The second kappa shape index (κ2) is 11.6. The zero-order chi connectivity index (χ0) is 26.6. The smallest absolute Gasteiger partial charge is 0.312 e. The molecule has 2 aromatic carbocycles. The van der Waals surface area contributed by atoms with Crippen LogP contribution in [-0.2, 0) is 13.5 Å². The Morgan fingerprint density at radius 2 is 2.03 bits per heavy atom. The van der Waals surface area contributed by atoms with Crippen LogP contribution in [0.25, 0.3) is 11.4 Å². The molecule has 0 radical (unpaired) electrons. The van der Waals surface area contributed by atoms with Crippen LogP contribution in [0.4, 0.5) is 9.18 Å². The number of amides is 2. The molecule has 4 atom stereocenters. The first-order valence-corrected chi connectivity index (χ1v) is 13.4. The van der Waals surface area contributed by atoms with Gasteiger partial charge in [0, 0.05) is 56.7 Å². The lowest BCUT2D eigenvalue weighted by atomic mass is 9.79. The molecule has 5 rings (SSSR count). The zero-order valence-corrected chi connectivity index (χ0v) is 22.1. The summed E-state index contributed by atoms with van der Waals surface area (Å²) in [6.45, 7) is 6.53. The first-order valence-electron chi connectivity index (χ1n) is 13.4. The van der Waals surface area contributed by atoms with Crippen molar-refractivity contribution in [3.05, 3.63) is 65.0 Å². The minimum atomic E-state index is -0.495. The molecule has 0 spiro atoms. The molecule has 2 aliphatic rings. The van der Waals surface area contributed by atoms with Gasteiger partial charge in [-0.3, -0.25) is 0 Å². The second-order valence-corrected chi connectivity index (χ2v) is 10.9. The number of primary amides is 1. The van der Waals surface area contributed by atoms with Gasteiger partial charge < -0.3 is 21.3 Å². The van der Waals surface area contributed by atoms with Gasteiger partial charge in [-0.15, -0.1) is 5.10 Å². The van der Waals surface area contributed by atoms with Gasteiger partial charge in [0.15, 0.2) is 5.82 Å². The van der Waals surface area contributed by atoms with E-state index in [9.17, 15) is 9.18 Å². The standard InChI is InChI=1S/C28H37FN8O/c1-18-10-21(13-22(11-18)27-33-34-35-36(27)2)25-15-31-14-23(26(25)32-28(30)38)17-37-9-3-4-20(16-37)12-19-5-7-24(29)8-6-19/h5-8,10-11,13,20,23,25-26,31H,3-4,9,12,14-17H2,1-2H3,(H3,30,32,38)/t20-,23-,25?,26-/m0/s1. The number of carbonyl (C=O) groups excluding carboxylic acids is 1. The molecular formula is C28H37FN8O. The van der Waals surface area contributed by atoms with E-state index in [-0.39, 0.29) is 23.7 Å². The molecule has 4 N–H and O–H groups in total. The third-order valence-corrected chi connectivity index (χ3v) is 7.96. The number of benzene rings is 2. The van der Waals surface area contributed by atoms with E-state index in [1.807, 2.05) is 19.2 Å². The van der Waals surface area contributed by atoms with Crippen LogP contribution in [0.3, 0.4) is 0 Å². The first-order chi connectivity index (χ1) is 18.4. The zero-order valence-electron chi connectivity index (χ0n) is 22.1. The summed E-state index contributed by atoms with van der Waals surface area (Å²) in [6, 6.07) is 12.7. The highest BCUT2D eigenvalue weighted by Gasteiger charge is 2.37. The Kier molecular flexibility index (Phi) is 7.99. The van der Waals surface area contributed by atoms with Crippen LogP contribution >= 0.6 is 0 Å². The van der Waals surface area contributed by atoms with Crippen LogP contribution in [0.2, 0.25) is 0 Å². The average molecular weight is 521 g/mol. The highest BCUT2D eigenvalue weighted by atomic mass is 19.1. The number of urea groups is 1. The molecule has 2 saturated heterocycles. The van der Waals surface area contributed by atoms with Gasteiger partial charge in [0.1, 0.15) is 5.82 Å². The molecule has 1 aromatic heterocycles. The number of nitrogens with zero attached hydrogens (tertiary/aromatic N) is 5. The number of nitrogens with two attached hydrogens (primary N) is 1. The topological polar surface area (TPSA) is 114 Å². The van der Waals surface area contributed by atoms with Crippen LogP contribution in [-0.4, -0.2) is 69.9 Å². The number of rotatable bonds is 7. The van der Waals surface area contributed by atoms with E-state index >= 15 is 0 Å². The van der Waals surface area contributed by atoms with Gasteiger partial charge in [-0.25, -0.2) is 13.9 Å². The van der Waals surface area contributed by atoms with Crippen molar-refractivity contribution in [3.8, 4) is 11.4 Å². The Labute approximate surface area is 223 Å². The van der Waals surface area contributed by atoms with Crippen molar-refractivity contribution in [2.75, 3.05) is 32.7 Å². The Morgan fingerprint density at radius 3 is 2.76 bits per heavy atom. The quantitative estimate of drug-likeness (QED) is 0.441. The van der Waals surface area contributed by atoms with Gasteiger partial charge in [-0.1, -0.05) is 23.8 Å². The molecule has 3 heterocycles. The number of aryl methyl sites for hydroxylation is 2. The number of halogens is 1. The van der Waals surface area contributed by atoms with Crippen LogP contribution in [0.1, 0.15) is 35.4 Å². The highest BCUT2D eigenvalue weighted by Crippen LogP contribution is 2.32. The molecule has 1 unspecified atom stereocenters. The van der Waals surface area contributed by atoms with Gasteiger partial charge in [0.25, 0.3) is 0 Å². The first kappa shape index (κ1) is 26.2. The van der Waals surface area contributed by atoms with Crippen molar-refractivity contribution in [2.45, 2.75) is 38.1 Å². The summed E-state index contributed by atoms with van der Waals surface area (Å²) in [6.07, 6.45) is 3.26. The highest BCUT2D eigenvalue weighted by molar-refractivity contribution is 5.72. The summed E-state index contributed by atoms with van der Waals surface area (Å²) in [7, 11) is 1.83. The van der Waals surface area contributed by atoms with Crippen LogP contribution < -0.4 is 16.4 Å². The monoisotopic (exact) mass is 520 g/mol. The molecule has 2 amide bonds. The van der Waals surface area contributed by atoms with Crippen LogP contribution in [0.5, 0.6) is 0 Å². The van der Waals surface area contributed by atoms with Crippen molar-refractivity contribution >= 4 is 6.03 Å². The van der Waals surface area contributed by atoms with E-state index in [1.165, 1.54) is 12.0 Å². The number of hydrogen-bond acceptors (Lipinski definition) is 6. The van der Waals surface area contributed by atoms with Crippen molar-refractivity contribution in [2.24, 2.45) is 24.6 Å². The third-order valence-electron chi connectivity index (χ3n) is 7.96. The van der Waals surface area contributed by atoms with E-state index in [0.29, 0.717) is 11.7 Å². The van der Waals surface area contributed by atoms with Crippen molar-refractivity contribution in [1.82, 2.24) is 35.7 Å². The van der Waals surface area contributed by atoms with E-state index in [2.05, 4.69) is 56.2 Å². The summed E-state index contributed by atoms with van der Waals surface area (Å²) in [5.41, 5.74) is 10.1. The molecule has 2 fully saturated rings. The number of nitrogens with one attached hydrogen (secondary N) is 2. The lowest BCUT2D eigenvalue weighted by Gasteiger charge is -2.43. The fourth-order valence-electron chi connectivity index (χ4n) is 6.29. The van der Waals surface area contributed by atoms with E-state index < -0.39 is 6.03 Å². The number of aromatic nitrogens is 4. The minimum Gasteiger partial charge on any atom is -0.352 e. The van der Waals surface area contributed by atoms with Crippen LogP contribution in [0, 0.1) is 24.6 Å². The Morgan fingerprint density at radius 1 is 1.21 bits per heavy atom. The maximum Gasteiger partial charge on any atom is 0.312 e. The maximum atomic E-state index is 13.3. The largest absolute Gasteiger partial charge is 0.352 e. The molecule has 3 aromatic rings. The molecule has 2 aliphatic heterocycles. The molecule has 38 heavy (non-hydrogen) atoms. The molecule has 0 bridgehead atoms. The van der Waals surface area contributed by atoms with E-state index in [0.717, 1.165) is 62.3 Å². The van der Waals surface area contributed by atoms with Gasteiger partial charge in [0.05, 0.1) is 0 Å². The van der Waals surface area contributed by atoms with E-state index in [4.69, 9.17) is 5.73 Å². The second-order valence-electron chi connectivity index (χ2n) is 10.9. The molecule has 0 aliphatic carbocycles. The Hall–Kier alpha value is -3.37. The summed E-state index contributed by atoms with van der Waals surface area (Å²) in [5.74, 6) is 1.30. The summed E-state index contributed by atoms with van der Waals surface area (Å²) < 4.78 is 15.0. The fourth-order valence-corrected chi connectivity index (χ4v) is 6.29. The molecular weight excluding hydrogens is 483 g/mol. The van der Waals surface area contributed by atoms with Crippen molar-refractivity contribution in [3.63, 3.8) is 0 Å². The number of piperidine rings is 2. The van der Waals surface area contributed by atoms with Gasteiger partial charge >= 0.3 is 6.03 Å². The number of tetrazole rings is 1. The predicted molar refractivity (Wildman–Crippen MR) is 144 cm³/mol. The number of hydrogen-bond donors (Lipinski definition) is 3. The summed E-state index contributed by atoms with van der Waals surface area (Å²) >= 11 is 0. The number of carbonyl (C=O) groups is 1. The SMILES string of the molecule is Cc1cc(-c2nnnn2C)cc(C2CNC[C@@H](CN3CCC[C@@H](Cc4ccc(F)cc4)C3)[C@@H]2NC(N)=O)c1. The molecule has 0 saturated carbocycles. The summed E-state index contributed by atoms with van der Waals surface area (Å²) in [4.78, 5) is 14.7. The number of likely N-dealkylation sites (tertiary alicyclic amines) is 1. The van der Waals surface area contributed by atoms with Crippen molar-refractivity contribution in [1.29, 1.82) is 0 Å². The van der Waals surface area contributed by atoms with E-state index in [1.54, 1.807) is 16.8 Å². The van der Waals surface area contributed by atoms with Gasteiger partial charge in [-0.05, 0) is 84.5 Å². The van der Waals surface area contributed by atoms with Gasteiger partial charge in [0.2, 0.25) is 0 Å². The maximum absolute atomic E-state index is 13.3. The normalized spacial score (nSPS) is 24.3. The average Bonchev–Trinajstić information content (AvgIpc) is 3.32. The summed E-state index contributed by atoms with van der Waals surface area (Å²) in [5, 5.41) is 18.7. The molecule has 10 heteroatoms. The lowest BCUT2D eigenvalue weighted by Crippen LogP contribution is -2.58. The van der Waals surface area contributed by atoms with Crippen molar-refractivity contribution < 1.29 is 9.18 Å². The molecule has 202 valence electrons. The van der Waals surface area contributed by atoms with Gasteiger partial charge in [-0.2, -0.15) is 0 Å². The Bertz CT molecular complexity index is 1250. The lowest BCUT2D eigenvalue weighted by molar-refractivity contribution is 0.121. The molecule has 9 nitrogen and oxygen atoms in total. The minimum absolute atomic E-state index is 0.0564. The Balaban J connectivity index is 1.33. The fraction of sp³-hybridized carbons (Fsp3) is 0.500. The predicted octanol–water partition coefficient (Wildman–Crippen LogP) is 2.62.